The summed E-state index contributed by atoms with van der Waals surface area (Å²) in [6, 6.07) is 19.7. The van der Waals surface area contributed by atoms with E-state index in [1.807, 2.05) is 24.3 Å². The van der Waals surface area contributed by atoms with Crippen molar-refractivity contribution in [2.75, 3.05) is 7.11 Å². The molecule has 0 aliphatic carbocycles. The average Bonchev–Trinajstić information content (AvgIpc) is 3.07. The van der Waals surface area contributed by atoms with Gasteiger partial charge < -0.3 is 14.8 Å². The van der Waals surface area contributed by atoms with Crippen LogP contribution < -0.4 is 14.8 Å². The van der Waals surface area contributed by atoms with Crippen molar-refractivity contribution in [1.29, 1.82) is 0 Å². The van der Waals surface area contributed by atoms with Crippen molar-refractivity contribution < 1.29 is 19.1 Å². The highest BCUT2D eigenvalue weighted by atomic mass is 79.9. The van der Waals surface area contributed by atoms with Crippen LogP contribution in [0.15, 0.2) is 76.9 Å². The molecule has 4 rings (SSSR count). The zero-order chi connectivity index (χ0) is 23.4. The molecule has 6 nitrogen and oxygen atoms in total. The second-order valence-electron chi connectivity index (χ2n) is 7.30. The van der Waals surface area contributed by atoms with E-state index in [0.29, 0.717) is 28.7 Å². The van der Waals surface area contributed by atoms with E-state index in [9.17, 15) is 9.59 Å². The van der Waals surface area contributed by atoms with Crippen molar-refractivity contribution in [3.63, 3.8) is 0 Å². The number of methoxy groups -OCH3 is 1. The summed E-state index contributed by atoms with van der Waals surface area (Å²) in [6.45, 7) is 0.455. The molecule has 1 aliphatic rings. The van der Waals surface area contributed by atoms with Crippen LogP contribution in [0.2, 0.25) is 5.02 Å². The number of urea groups is 1. The number of halogens is 2. The molecule has 0 saturated carbocycles. The lowest BCUT2D eigenvalue weighted by Crippen LogP contribution is -2.30. The molecule has 1 saturated heterocycles. The van der Waals surface area contributed by atoms with E-state index in [1.54, 1.807) is 55.7 Å². The van der Waals surface area contributed by atoms with E-state index in [1.165, 1.54) is 0 Å². The zero-order valence-electron chi connectivity index (χ0n) is 17.7. The number of rotatable bonds is 7. The van der Waals surface area contributed by atoms with Gasteiger partial charge in [-0.3, -0.25) is 9.69 Å². The molecule has 8 heteroatoms. The van der Waals surface area contributed by atoms with Gasteiger partial charge in [-0.25, -0.2) is 4.79 Å². The highest BCUT2D eigenvalue weighted by molar-refractivity contribution is 9.10. The summed E-state index contributed by atoms with van der Waals surface area (Å²) in [5.41, 5.74) is 2.55. The van der Waals surface area contributed by atoms with Gasteiger partial charge in [-0.1, -0.05) is 63.9 Å². The number of hydrogen-bond acceptors (Lipinski definition) is 4. The van der Waals surface area contributed by atoms with Gasteiger partial charge in [0.05, 0.1) is 13.7 Å². The van der Waals surface area contributed by atoms with Crippen molar-refractivity contribution in [1.82, 2.24) is 10.2 Å². The summed E-state index contributed by atoms with van der Waals surface area (Å²) in [7, 11) is 1.55. The predicted octanol–water partition coefficient (Wildman–Crippen LogP) is 5.78. The molecule has 0 bridgehead atoms. The van der Waals surface area contributed by atoms with Gasteiger partial charge in [0.25, 0.3) is 5.91 Å². The highest BCUT2D eigenvalue weighted by Gasteiger charge is 2.33. The van der Waals surface area contributed by atoms with Gasteiger partial charge in [0.1, 0.15) is 12.3 Å². The molecular formula is C25H20BrClN2O4. The summed E-state index contributed by atoms with van der Waals surface area (Å²) >= 11 is 9.34. The summed E-state index contributed by atoms with van der Waals surface area (Å²) in [5, 5.41) is 3.24. The maximum absolute atomic E-state index is 12.9. The van der Waals surface area contributed by atoms with Crippen molar-refractivity contribution in [2.24, 2.45) is 0 Å². The Morgan fingerprint density at radius 3 is 2.39 bits per heavy atom. The van der Waals surface area contributed by atoms with Crippen molar-refractivity contribution in [2.45, 2.75) is 13.2 Å². The van der Waals surface area contributed by atoms with Crippen LogP contribution in [-0.2, 0) is 17.9 Å². The average molecular weight is 528 g/mol. The normalized spacial score (nSPS) is 14.5. The van der Waals surface area contributed by atoms with Crippen LogP contribution in [0.4, 0.5) is 4.79 Å². The summed E-state index contributed by atoms with van der Waals surface area (Å²) in [4.78, 5) is 26.6. The second kappa shape index (κ2) is 10.1. The fourth-order valence-corrected chi connectivity index (χ4v) is 3.73. The number of carbonyl (C=O) groups is 2. The molecule has 0 spiro atoms. The highest BCUT2D eigenvalue weighted by Crippen LogP contribution is 2.34. The second-order valence-corrected chi connectivity index (χ2v) is 8.65. The zero-order valence-corrected chi connectivity index (χ0v) is 20.0. The van der Waals surface area contributed by atoms with Gasteiger partial charge in [0.2, 0.25) is 0 Å². The molecule has 1 N–H and O–H groups in total. The number of ether oxygens (including phenoxy) is 2. The van der Waals surface area contributed by atoms with E-state index in [-0.39, 0.29) is 12.2 Å². The molecule has 1 heterocycles. The molecule has 0 aromatic heterocycles. The molecule has 1 aliphatic heterocycles. The maximum atomic E-state index is 12.9. The first-order valence-corrected chi connectivity index (χ1v) is 11.2. The minimum atomic E-state index is -0.485. The smallest absolute Gasteiger partial charge is 0.329 e. The first kappa shape index (κ1) is 22.9. The van der Waals surface area contributed by atoms with Crippen LogP contribution >= 0.6 is 27.5 Å². The third kappa shape index (κ3) is 5.38. The topological polar surface area (TPSA) is 67.9 Å². The number of para-hydroxylation sites is 1. The predicted molar refractivity (Wildman–Crippen MR) is 130 cm³/mol. The van der Waals surface area contributed by atoms with Gasteiger partial charge >= 0.3 is 6.03 Å². The molecule has 3 amide bonds. The Morgan fingerprint density at radius 1 is 1.00 bits per heavy atom. The number of benzene rings is 3. The van der Waals surface area contributed by atoms with E-state index in [0.717, 1.165) is 20.5 Å². The number of imide groups is 1. The standard InChI is InChI=1S/C25H20BrClN2O4/c1-32-22-4-2-3-18(23(22)33-15-17-5-9-19(26)10-6-17)13-21-24(30)29(25(31)28-21)14-16-7-11-20(27)12-8-16/h2-13H,14-15H2,1H3,(H,28,31)/b21-13+. The Kier molecular flexibility index (Phi) is 7.01. The van der Waals surface area contributed by atoms with E-state index in [2.05, 4.69) is 21.2 Å². The van der Waals surface area contributed by atoms with Gasteiger partial charge in [-0.05, 0) is 47.5 Å². The summed E-state index contributed by atoms with van der Waals surface area (Å²) < 4.78 is 12.5. The molecule has 168 valence electrons. The van der Waals surface area contributed by atoms with Gasteiger partial charge in [-0.2, -0.15) is 0 Å². The van der Waals surface area contributed by atoms with E-state index >= 15 is 0 Å². The lowest BCUT2D eigenvalue weighted by Gasteiger charge is -2.14. The molecule has 0 unspecified atom stereocenters. The van der Waals surface area contributed by atoms with Crippen molar-refractivity contribution in [3.05, 3.63) is 98.6 Å². The fourth-order valence-electron chi connectivity index (χ4n) is 3.34. The van der Waals surface area contributed by atoms with Crippen LogP contribution in [0.3, 0.4) is 0 Å². The van der Waals surface area contributed by atoms with Crippen molar-refractivity contribution >= 4 is 45.5 Å². The van der Waals surface area contributed by atoms with Crippen molar-refractivity contribution in [3.8, 4) is 11.5 Å². The molecular weight excluding hydrogens is 508 g/mol. The first-order valence-electron chi connectivity index (χ1n) is 10.1. The summed E-state index contributed by atoms with van der Waals surface area (Å²) in [6.07, 6.45) is 1.60. The number of amides is 3. The lowest BCUT2D eigenvalue weighted by molar-refractivity contribution is -0.123. The van der Waals surface area contributed by atoms with Gasteiger partial charge in [-0.15, -0.1) is 0 Å². The van der Waals surface area contributed by atoms with Crippen LogP contribution in [0.25, 0.3) is 6.08 Å². The fraction of sp³-hybridized carbons (Fsp3) is 0.120. The van der Waals surface area contributed by atoms with E-state index < -0.39 is 11.9 Å². The third-order valence-electron chi connectivity index (χ3n) is 5.04. The van der Waals surface area contributed by atoms with E-state index in [4.69, 9.17) is 21.1 Å². The summed E-state index contributed by atoms with van der Waals surface area (Å²) in [5.74, 6) is 0.585. The van der Waals surface area contributed by atoms with Gasteiger partial charge in [0.15, 0.2) is 11.5 Å². The maximum Gasteiger partial charge on any atom is 0.329 e. The Morgan fingerprint density at radius 2 is 1.70 bits per heavy atom. The number of hydrogen-bond donors (Lipinski definition) is 1. The first-order chi connectivity index (χ1) is 15.9. The minimum absolute atomic E-state index is 0.143. The number of nitrogens with zero attached hydrogens (tertiary/aromatic N) is 1. The lowest BCUT2D eigenvalue weighted by atomic mass is 10.1. The Hall–Kier alpha value is -3.29. The largest absolute Gasteiger partial charge is 0.493 e. The Balaban J connectivity index is 1.57. The SMILES string of the molecule is COc1cccc(/C=C2/NC(=O)N(Cc3ccc(Cl)cc3)C2=O)c1OCc1ccc(Br)cc1. The molecule has 3 aromatic rings. The molecule has 1 fully saturated rings. The molecule has 0 radical (unpaired) electrons. The third-order valence-corrected chi connectivity index (χ3v) is 5.82. The number of carbonyl (C=O) groups excluding carboxylic acids is 2. The Labute approximate surface area is 204 Å². The quantitative estimate of drug-likeness (QED) is 0.312. The molecule has 33 heavy (non-hydrogen) atoms. The van der Waals surface area contributed by atoms with Crippen LogP contribution in [0, 0.1) is 0 Å². The van der Waals surface area contributed by atoms with Gasteiger partial charge in [0, 0.05) is 15.1 Å². The van der Waals surface area contributed by atoms with Crippen LogP contribution in [0.1, 0.15) is 16.7 Å². The molecule has 0 atom stereocenters. The monoisotopic (exact) mass is 526 g/mol. The minimum Gasteiger partial charge on any atom is -0.493 e. The molecule has 3 aromatic carbocycles. The van der Waals surface area contributed by atoms with Crippen LogP contribution in [-0.4, -0.2) is 23.9 Å². The van der Waals surface area contributed by atoms with Crippen LogP contribution in [0.5, 0.6) is 11.5 Å². The number of nitrogens with one attached hydrogen (secondary N) is 1. The Bertz CT molecular complexity index is 1210.